The first kappa shape index (κ1) is 88.9. The number of ether oxygens (including phenoxy) is 2. The lowest BCUT2D eigenvalue weighted by molar-refractivity contribution is -0.870. The molecular formula is C82H148NO8P. The molecule has 0 aromatic rings. The van der Waals surface area contributed by atoms with Crippen LogP contribution >= 0.6 is 7.82 Å². The van der Waals surface area contributed by atoms with Crippen LogP contribution in [-0.4, -0.2) is 70.0 Å². The number of quaternary nitrogens is 1. The summed E-state index contributed by atoms with van der Waals surface area (Å²) in [7, 11) is 1.17. The number of nitrogens with zero attached hydrogens (tertiary/aromatic N) is 1. The van der Waals surface area contributed by atoms with Gasteiger partial charge in [-0.2, -0.15) is 0 Å². The summed E-state index contributed by atoms with van der Waals surface area (Å²) in [6.07, 6.45) is 101. The predicted molar refractivity (Wildman–Crippen MR) is 397 cm³/mol. The highest BCUT2D eigenvalue weighted by molar-refractivity contribution is 7.45. The average Bonchev–Trinajstić information content (AvgIpc) is 2.14. The van der Waals surface area contributed by atoms with Crippen LogP contribution < -0.4 is 4.89 Å². The molecule has 0 saturated carbocycles. The summed E-state index contributed by atoms with van der Waals surface area (Å²) in [4.78, 5) is 38.1. The van der Waals surface area contributed by atoms with Crippen LogP contribution in [0.25, 0.3) is 0 Å². The standard InChI is InChI=1S/C82H148NO8P/c1-6-8-10-12-14-16-18-20-22-24-26-28-30-32-34-35-36-37-38-39-40-41-42-43-44-45-46-47-49-50-52-54-56-58-60-62-64-66-68-70-72-74-81(84)88-78-80(79-90-92(86,87)89-77-76-83(3,4)5)91-82(85)75-73-71-69-67-65-63-61-59-57-55-53-51-48-33-31-29-27-25-23-21-19-17-15-13-11-9-7-2/h9,11,15,17-18,20-21,23-24,26-27,29-30,32-33,48,80H,6-8,10,12-14,16,19,22,25,28,31,34-47,49-79H2,1-5H3/b11-9-,17-15-,20-18-,23-21-,26-24-,29-27-,32-30-,48-33-. The molecule has 9 nitrogen and oxygen atoms in total. The molecule has 0 fully saturated rings. The number of esters is 2. The normalized spacial score (nSPS) is 13.6. The van der Waals surface area contributed by atoms with Crippen LogP contribution in [0.4, 0.5) is 0 Å². The minimum absolute atomic E-state index is 0.0330. The van der Waals surface area contributed by atoms with Crippen LogP contribution in [0.2, 0.25) is 0 Å². The van der Waals surface area contributed by atoms with Crippen molar-refractivity contribution in [1.82, 2.24) is 0 Å². The molecule has 534 valence electrons. The van der Waals surface area contributed by atoms with E-state index in [0.717, 1.165) is 89.9 Å². The first-order chi connectivity index (χ1) is 45.0. The molecule has 2 unspecified atom stereocenters. The Kier molecular flexibility index (Phi) is 69.8. The van der Waals surface area contributed by atoms with E-state index >= 15 is 0 Å². The quantitative estimate of drug-likeness (QED) is 0.0195. The van der Waals surface area contributed by atoms with Crippen LogP contribution in [0.1, 0.15) is 361 Å². The van der Waals surface area contributed by atoms with Gasteiger partial charge in [0.15, 0.2) is 6.10 Å². The summed E-state index contributed by atoms with van der Waals surface area (Å²) in [6.45, 7) is 4.15. The molecule has 92 heavy (non-hydrogen) atoms. The molecule has 10 heteroatoms. The summed E-state index contributed by atoms with van der Waals surface area (Å²) < 4.78 is 34.4. The minimum atomic E-state index is -4.65. The van der Waals surface area contributed by atoms with Crippen LogP contribution in [0.5, 0.6) is 0 Å². The molecule has 2 atom stereocenters. The molecule has 0 spiro atoms. The van der Waals surface area contributed by atoms with E-state index in [1.54, 1.807) is 0 Å². The third-order valence-electron chi connectivity index (χ3n) is 17.1. The lowest BCUT2D eigenvalue weighted by atomic mass is 10.0. The van der Waals surface area contributed by atoms with E-state index in [9.17, 15) is 19.0 Å². The van der Waals surface area contributed by atoms with Gasteiger partial charge < -0.3 is 27.9 Å². The molecule has 0 aliphatic heterocycles. The second kappa shape index (κ2) is 72.2. The van der Waals surface area contributed by atoms with Crippen molar-refractivity contribution in [2.75, 3.05) is 47.5 Å². The highest BCUT2D eigenvalue weighted by atomic mass is 31.2. The van der Waals surface area contributed by atoms with Crippen molar-refractivity contribution < 1.29 is 42.1 Å². The number of allylic oxidation sites excluding steroid dienone is 16. The average molecular weight is 1310 g/mol. The molecule has 0 aromatic carbocycles. The van der Waals surface area contributed by atoms with Gasteiger partial charge in [-0.3, -0.25) is 14.2 Å². The number of carbonyl (C=O) groups excluding carboxylic acids is 2. The zero-order valence-electron chi connectivity index (χ0n) is 61.0. The maximum absolute atomic E-state index is 12.9. The summed E-state index contributed by atoms with van der Waals surface area (Å²) in [5, 5.41) is 0. The molecule has 0 rings (SSSR count). The van der Waals surface area contributed by atoms with E-state index in [1.165, 1.54) is 238 Å². The van der Waals surface area contributed by atoms with Crippen molar-refractivity contribution in [2.24, 2.45) is 0 Å². The Morgan fingerprint density at radius 3 is 0.924 bits per heavy atom. The summed E-state index contributed by atoms with van der Waals surface area (Å²) in [5.41, 5.74) is 0. The number of hydrogen-bond donors (Lipinski definition) is 0. The largest absolute Gasteiger partial charge is 0.756 e. The molecule has 0 amide bonds. The Labute approximate surface area is 570 Å². The van der Waals surface area contributed by atoms with Gasteiger partial charge in [0.2, 0.25) is 0 Å². The summed E-state index contributed by atoms with van der Waals surface area (Å²) in [5.74, 6) is -0.825. The summed E-state index contributed by atoms with van der Waals surface area (Å²) in [6, 6.07) is 0. The fourth-order valence-corrected chi connectivity index (χ4v) is 11.9. The van der Waals surface area contributed by atoms with Crippen LogP contribution in [0.15, 0.2) is 97.2 Å². The number of phosphoric ester groups is 1. The first-order valence-corrected chi connectivity index (χ1v) is 40.4. The molecule has 0 heterocycles. The van der Waals surface area contributed by atoms with E-state index in [2.05, 4.69) is 111 Å². The van der Waals surface area contributed by atoms with Gasteiger partial charge in [-0.25, -0.2) is 0 Å². The second-order valence-electron chi connectivity index (χ2n) is 27.3. The van der Waals surface area contributed by atoms with Crippen LogP contribution in [-0.2, 0) is 32.7 Å². The topological polar surface area (TPSA) is 111 Å². The highest BCUT2D eigenvalue weighted by Crippen LogP contribution is 2.38. The fraction of sp³-hybridized carbons (Fsp3) is 0.780. The van der Waals surface area contributed by atoms with Gasteiger partial charge in [-0.1, -0.05) is 349 Å². The van der Waals surface area contributed by atoms with Crippen molar-refractivity contribution in [1.29, 1.82) is 0 Å². The zero-order chi connectivity index (χ0) is 66.9. The molecular weight excluding hydrogens is 1160 g/mol. The van der Waals surface area contributed by atoms with Crippen LogP contribution in [0.3, 0.4) is 0 Å². The van der Waals surface area contributed by atoms with Gasteiger partial charge >= 0.3 is 11.9 Å². The van der Waals surface area contributed by atoms with Crippen molar-refractivity contribution in [2.45, 2.75) is 367 Å². The molecule has 0 bridgehead atoms. The Balaban J connectivity index is 3.92. The lowest BCUT2D eigenvalue weighted by Gasteiger charge is -2.28. The van der Waals surface area contributed by atoms with E-state index in [0.29, 0.717) is 17.4 Å². The molecule has 0 saturated heterocycles. The SMILES string of the molecule is CC/C=C\C/C=C\C/C=C\C/C=C\C/C=C\CCCCCCCCCCCCCC(=O)OC(COC(=O)CCCCCCCCCCCCCCCCCCCCCCCCCCCC/C=C\C/C=C\C/C=C\CCCCCCC)COP(=O)([O-])OCC[N+](C)(C)C. The summed E-state index contributed by atoms with van der Waals surface area (Å²) >= 11 is 0. The number of rotatable bonds is 72. The monoisotopic (exact) mass is 1310 g/mol. The predicted octanol–water partition coefficient (Wildman–Crippen LogP) is 25.2. The van der Waals surface area contributed by atoms with Crippen molar-refractivity contribution in [3.05, 3.63) is 97.2 Å². The second-order valence-corrected chi connectivity index (χ2v) is 28.8. The van der Waals surface area contributed by atoms with Gasteiger partial charge in [0.25, 0.3) is 7.82 Å². The maximum atomic E-state index is 12.9. The van der Waals surface area contributed by atoms with E-state index < -0.39 is 26.5 Å². The van der Waals surface area contributed by atoms with Crippen molar-refractivity contribution in [3.63, 3.8) is 0 Å². The third-order valence-corrected chi connectivity index (χ3v) is 18.1. The fourth-order valence-electron chi connectivity index (χ4n) is 11.2. The van der Waals surface area contributed by atoms with E-state index in [-0.39, 0.29) is 32.0 Å². The third kappa shape index (κ3) is 76.0. The minimum Gasteiger partial charge on any atom is -0.756 e. The lowest BCUT2D eigenvalue weighted by Crippen LogP contribution is -2.37. The molecule has 0 N–H and O–H groups in total. The highest BCUT2D eigenvalue weighted by Gasteiger charge is 2.22. The molecule has 0 aliphatic carbocycles. The Morgan fingerprint density at radius 2 is 0.620 bits per heavy atom. The number of hydrogen-bond acceptors (Lipinski definition) is 8. The molecule has 0 aromatic heterocycles. The maximum Gasteiger partial charge on any atom is 0.306 e. The van der Waals surface area contributed by atoms with Gasteiger partial charge in [-0.15, -0.1) is 0 Å². The van der Waals surface area contributed by atoms with E-state index in [1.807, 2.05) is 21.1 Å². The number of phosphoric acid groups is 1. The first-order valence-electron chi connectivity index (χ1n) is 38.9. The zero-order valence-corrected chi connectivity index (χ0v) is 61.9. The number of carbonyl (C=O) groups is 2. The Hall–Kier alpha value is -3.07. The number of likely N-dealkylation sites (N-methyl/N-ethyl adjacent to an activating group) is 1. The smallest absolute Gasteiger partial charge is 0.306 e. The van der Waals surface area contributed by atoms with Gasteiger partial charge in [0, 0.05) is 12.8 Å². The van der Waals surface area contributed by atoms with Gasteiger partial charge in [-0.05, 0) is 96.3 Å². The Morgan fingerprint density at radius 1 is 0.348 bits per heavy atom. The Bertz CT molecular complexity index is 1880. The van der Waals surface area contributed by atoms with Crippen LogP contribution in [0, 0.1) is 0 Å². The van der Waals surface area contributed by atoms with Gasteiger partial charge in [0.1, 0.15) is 19.8 Å². The van der Waals surface area contributed by atoms with Gasteiger partial charge in [0.05, 0.1) is 27.7 Å². The van der Waals surface area contributed by atoms with E-state index in [4.69, 9.17) is 18.5 Å². The van der Waals surface area contributed by atoms with Crippen molar-refractivity contribution in [3.8, 4) is 0 Å². The van der Waals surface area contributed by atoms with Crippen molar-refractivity contribution >= 4 is 19.8 Å². The number of unbranched alkanes of at least 4 members (excludes halogenated alkanes) is 42. The molecule has 0 radical (unpaired) electrons. The molecule has 0 aliphatic rings.